The second kappa shape index (κ2) is 15.9. The van der Waals surface area contributed by atoms with Crippen LogP contribution in [-0.2, 0) is 0 Å². The quantitative estimate of drug-likeness (QED) is 0.454. The van der Waals surface area contributed by atoms with Gasteiger partial charge in [0.25, 0.3) is 0 Å². The first-order valence-corrected chi connectivity index (χ1v) is 7.82. The van der Waals surface area contributed by atoms with E-state index in [4.69, 9.17) is 5.73 Å². The van der Waals surface area contributed by atoms with Crippen LogP contribution in [0.3, 0.4) is 0 Å². The molecular weight excluding hydrogens is 208 g/mol. The zero-order valence-electron chi connectivity index (χ0n) is 12.0. The molecule has 0 aliphatic rings. The van der Waals surface area contributed by atoms with Crippen molar-refractivity contribution in [2.75, 3.05) is 19.6 Å². The molecule has 0 unspecified atom stereocenters. The fourth-order valence-electron chi connectivity index (χ4n) is 2.08. The Kier molecular flexibility index (Phi) is 15.8. The average molecular weight is 242 g/mol. The van der Waals surface area contributed by atoms with E-state index in [-0.39, 0.29) is 0 Å². The Bertz CT molecular complexity index is 112. The molecule has 2 heteroatoms. The van der Waals surface area contributed by atoms with Crippen LogP contribution in [0.15, 0.2) is 0 Å². The molecule has 3 N–H and O–H groups in total. The summed E-state index contributed by atoms with van der Waals surface area (Å²) in [4.78, 5) is 0. The minimum Gasteiger partial charge on any atom is -0.330 e. The van der Waals surface area contributed by atoms with Gasteiger partial charge in [-0.3, -0.25) is 0 Å². The van der Waals surface area contributed by atoms with Gasteiger partial charge in [-0.15, -0.1) is 0 Å². The van der Waals surface area contributed by atoms with E-state index in [0.29, 0.717) is 0 Å². The summed E-state index contributed by atoms with van der Waals surface area (Å²) in [5.41, 5.74) is 5.44. The molecule has 0 amide bonds. The van der Waals surface area contributed by atoms with E-state index in [1.165, 1.54) is 70.8 Å². The number of unbranched alkanes of at least 4 members (excludes halogenated alkanes) is 9. The number of nitrogens with two attached hydrogens (primary N) is 1. The fraction of sp³-hybridized carbons (Fsp3) is 1.00. The molecule has 0 saturated heterocycles. The van der Waals surface area contributed by atoms with Crippen molar-refractivity contribution in [1.82, 2.24) is 5.32 Å². The predicted molar refractivity (Wildman–Crippen MR) is 78.4 cm³/mol. The maximum absolute atomic E-state index is 5.44. The summed E-state index contributed by atoms with van der Waals surface area (Å²) < 4.78 is 0. The summed E-state index contributed by atoms with van der Waals surface area (Å²) in [7, 11) is 0. The molecule has 0 aliphatic heterocycles. The second-order valence-corrected chi connectivity index (χ2v) is 5.07. The molecule has 0 aliphatic carbocycles. The standard InChI is InChI=1S/C15H34N2/c1-2-3-4-5-6-7-8-9-11-14-17-15-12-10-13-16/h17H,2-16H2,1H3. The van der Waals surface area contributed by atoms with Gasteiger partial charge in [0.2, 0.25) is 0 Å². The highest BCUT2D eigenvalue weighted by Crippen LogP contribution is 2.09. The lowest BCUT2D eigenvalue weighted by Gasteiger charge is -2.04. The van der Waals surface area contributed by atoms with Crippen LogP contribution in [0.4, 0.5) is 0 Å². The Balaban J connectivity index is 2.85. The molecule has 0 heterocycles. The fourth-order valence-corrected chi connectivity index (χ4v) is 2.08. The minimum atomic E-state index is 0.833. The van der Waals surface area contributed by atoms with Crippen LogP contribution in [0.1, 0.15) is 77.6 Å². The highest BCUT2D eigenvalue weighted by molar-refractivity contribution is 4.51. The van der Waals surface area contributed by atoms with Crippen LogP contribution in [0.5, 0.6) is 0 Å². The van der Waals surface area contributed by atoms with Crippen LogP contribution >= 0.6 is 0 Å². The summed E-state index contributed by atoms with van der Waals surface area (Å²) in [5.74, 6) is 0. The zero-order chi connectivity index (χ0) is 12.6. The Hall–Kier alpha value is -0.0800. The van der Waals surface area contributed by atoms with Crippen LogP contribution in [-0.4, -0.2) is 19.6 Å². The first-order chi connectivity index (χ1) is 8.41. The number of hydrogen-bond acceptors (Lipinski definition) is 2. The molecule has 0 saturated carbocycles. The van der Waals surface area contributed by atoms with Crippen molar-refractivity contribution < 1.29 is 0 Å². The van der Waals surface area contributed by atoms with Crippen LogP contribution in [0.25, 0.3) is 0 Å². The molecule has 0 atom stereocenters. The monoisotopic (exact) mass is 242 g/mol. The van der Waals surface area contributed by atoms with Gasteiger partial charge in [-0.1, -0.05) is 58.3 Å². The first kappa shape index (κ1) is 16.9. The van der Waals surface area contributed by atoms with Gasteiger partial charge in [0, 0.05) is 0 Å². The SMILES string of the molecule is CCCCCCCCCCCNCCCCN. The lowest BCUT2D eigenvalue weighted by molar-refractivity contribution is 0.543. The second-order valence-electron chi connectivity index (χ2n) is 5.07. The Morgan fingerprint density at radius 1 is 0.647 bits per heavy atom. The maximum Gasteiger partial charge on any atom is -0.00484 e. The van der Waals surface area contributed by atoms with E-state index in [2.05, 4.69) is 12.2 Å². The van der Waals surface area contributed by atoms with Crippen LogP contribution in [0, 0.1) is 0 Å². The van der Waals surface area contributed by atoms with E-state index < -0.39 is 0 Å². The van der Waals surface area contributed by atoms with Crippen molar-refractivity contribution in [2.24, 2.45) is 5.73 Å². The van der Waals surface area contributed by atoms with Gasteiger partial charge in [0.1, 0.15) is 0 Å². The topological polar surface area (TPSA) is 38.0 Å². The van der Waals surface area contributed by atoms with Gasteiger partial charge < -0.3 is 11.1 Å². The third-order valence-corrected chi connectivity index (χ3v) is 3.26. The zero-order valence-corrected chi connectivity index (χ0v) is 12.0. The van der Waals surface area contributed by atoms with Crippen molar-refractivity contribution in [3.63, 3.8) is 0 Å². The van der Waals surface area contributed by atoms with Crippen molar-refractivity contribution in [3.05, 3.63) is 0 Å². The lowest BCUT2D eigenvalue weighted by atomic mass is 10.1. The Morgan fingerprint density at radius 2 is 1.12 bits per heavy atom. The third-order valence-electron chi connectivity index (χ3n) is 3.26. The Morgan fingerprint density at radius 3 is 1.65 bits per heavy atom. The van der Waals surface area contributed by atoms with Gasteiger partial charge >= 0.3 is 0 Å². The molecule has 17 heavy (non-hydrogen) atoms. The molecule has 0 bridgehead atoms. The molecular formula is C15H34N2. The molecule has 2 nitrogen and oxygen atoms in total. The number of nitrogens with one attached hydrogen (secondary N) is 1. The summed E-state index contributed by atoms with van der Waals surface area (Å²) in [6.45, 7) is 5.45. The van der Waals surface area contributed by atoms with E-state index in [1.54, 1.807) is 0 Å². The largest absolute Gasteiger partial charge is 0.330 e. The summed E-state index contributed by atoms with van der Waals surface area (Å²) >= 11 is 0. The molecule has 0 aromatic heterocycles. The Labute approximate surface area is 109 Å². The highest BCUT2D eigenvalue weighted by Gasteiger charge is 1.92. The molecule has 0 rings (SSSR count). The third kappa shape index (κ3) is 15.9. The van der Waals surface area contributed by atoms with Crippen LogP contribution < -0.4 is 11.1 Å². The predicted octanol–water partition coefficient (Wildman–Crippen LogP) is 3.85. The van der Waals surface area contributed by atoms with E-state index in [9.17, 15) is 0 Å². The smallest absolute Gasteiger partial charge is 0.00484 e. The minimum absolute atomic E-state index is 0.833. The van der Waals surface area contributed by atoms with Crippen molar-refractivity contribution in [2.45, 2.75) is 77.6 Å². The van der Waals surface area contributed by atoms with Gasteiger partial charge in [0.05, 0.1) is 0 Å². The van der Waals surface area contributed by atoms with Gasteiger partial charge in [-0.25, -0.2) is 0 Å². The molecule has 0 aromatic rings. The first-order valence-electron chi connectivity index (χ1n) is 7.82. The molecule has 0 spiro atoms. The lowest BCUT2D eigenvalue weighted by Crippen LogP contribution is -2.17. The van der Waals surface area contributed by atoms with E-state index >= 15 is 0 Å². The van der Waals surface area contributed by atoms with Crippen molar-refractivity contribution in [3.8, 4) is 0 Å². The maximum atomic E-state index is 5.44. The molecule has 104 valence electrons. The van der Waals surface area contributed by atoms with E-state index in [0.717, 1.165) is 19.5 Å². The summed E-state index contributed by atoms with van der Waals surface area (Å²) in [6, 6.07) is 0. The van der Waals surface area contributed by atoms with Gasteiger partial charge in [-0.05, 0) is 38.9 Å². The molecule has 0 aromatic carbocycles. The number of hydrogen-bond donors (Lipinski definition) is 2. The van der Waals surface area contributed by atoms with Crippen molar-refractivity contribution >= 4 is 0 Å². The van der Waals surface area contributed by atoms with E-state index in [1.807, 2.05) is 0 Å². The number of rotatable bonds is 14. The van der Waals surface area contributed by atoms with Crippen molar-refractivity contribution in [1.29, 1.82) is 0 Å². The molecule has 0 fully saturated rings. The van der Waals surface area contributed by atoms with Gasteiger partial charge in [-0.2, -0.15) is 0 Å². The average Bonchev–Trinajstić information content (AvgIpc) is 2.35. The normalized spacial score (nSPS) is 10.9. The highest BCUT2D eigenvalue weighted by atomic mass is 14.8. The molecule has 0 radical (unpaired) electrons. The van der Waals surface area contributed by atoms with Gasteiger partial charge in [0.15, 0.2) is 0 Å². The summed E-state index contributed by atoms with van der Waals surface area (Å²) in [5, 5.41) is 3.48. The van der Waals surface area contributed by atoms with Crippen LogP contribution in [0.2, 0.25) is 0 Å². The summed E-state index contributed by atoms with van der Waals surface area (Å²) in [6.07, 6.45) is 15.1.